The van der Waals surface area contributed by atoms with Gasteiger partial charge in [-0.1, -0.05) is 84.4 Å². The summed E-state index contributed by atoms with van der Waals surface area (Å²) < 4.78 is 31.3. The summed E-state index contributed by atoms with van der Waals surface area (Å²) in [5, 5.41) is 14.4. The van der Waals surface area contributed by atoms with Gasteiger partial charge < -0.3 is 9.67 Å². The van der Waals surface area contributed by atoms with Crippen molar-refractivity contribution in [1.82, 2.24) is 9.29 Å². The van der Waals surface area contributed by atoms with E-state index in [1.54, 1.807) is 29.0 Å². The first-order chi connectivity index (χ1) is 22.3. The van der Waals surface area contributed by atoms with Gasteiger partial charge in [-0.05, 0) is 83.3 Å². The summed E-state index contributed by atoms with van der Waals surface area (Å²) in [4.78, 5) is 11.6. The standard InChI is InChI=1S/C37H33ClN2O4S2/c38-30-18-19-34-33(24-30)32(13-7-8-26-14-16-29(17-15-26)37(41)42)35(20-22-39-46(43,44)31-21-23-45-25-31)40(34)36(27-9-3-1-4-10-27)28-11-5-2-6-12-28/h1-6,9-12,14-19,21,23-25,36,39H,7-8,13,20,22H2,(H,41,42). The van der Waals surface area contributed by atoms with E-state index in [9.17, 15) is 18.3 Å². The molecule has 6 aromatic rings. The Hall–Kier alpha value is -4.21. The number of carboxylic acids is 1. The number of nitrogens with one attached hydrogen (secondary N) is 1. The maximum Gasteiger partial charge on any atom is 0.335 e. The fourth-order valence-electron chi connectivity index (χ4n) is 6.09. The monoisotopic (exact) mass is 668 g/mol. The molecule has 0 unspecified atom stereocenters. The highest BCUT2D eigenvalue weighted by atomic mass is 35.5. The van der Waals surface area contributed by atoms with Gasteiger partial charge in [-0.25, -0.2) is 17.9 Å². The smallest absolute Gasteiger partial charge is 0.335 e. The van der Waals surface area contributed by atoms with E-state index < -0.39 is 16.0 Å². The molecule has 9 heteroatoms. The molecule has 2 aromatic heterocycles. The minimum Gasteiger partial charge on any atom is -0.478 e. The van der Waals surface area contributed by atoms with Gasteiger partial charge in [0.15, 0.2) is 0 Å². The summed E-state index contributed by atoms with van der Waals surface area (Å²) in [6.45, 7) is 0.224. The number of hydrogen-bond acceptors (Lipinski definition) is 4. The van der Waals surface area contributed by atoms with Crippen LogP contribution in [0.2, 0.25) is 5.02 Å². The number of sulfonamides is 1. The lowest BCUT2D eigenvalue weighted by atomic mass is 9.97. The number of benzene rings is 4. The number of carbonyl (C=O) groups is 1. The lowest BCUT2D eigenvalue weighted by Gasteiger charge is -2.25. The summed E-state index contributed by atoms with van der Waals surface area (Å²) in [6, 6.07) is 35.1. The first-order valence-corrected chi connectivity index (χ1v) is 17.9. The van der Waals surface area contributed by atoms with Crippen LogP contribution in [0.25, 0.3) is 10.9 Å². The van der Waals surface area contributed by atoms with E-state index in [0.29, 0.717) is 11.4 Å². The summed E-state index contributed by atoms with van der Waals surface area (Å²) in [5.74, 6) is -0.943. The molecule has 0 amide bonds. The van der Waals surface area contributed by atoms with Gasteiger partial charge >= 0.3 is 5.97 Å². The number of aromatic carboxylic acids is 1. The van der Waals surface area contributed by atoms with E-state index in [4.69, 9.17) is 11.6 Å². The topological polar surface area (TPSA) is 88.4 Å². The third-order valence-electron chi connectivity index (χ3n) is 8.22. The minimum atomic E-state index is -3.65. The quantitative estimate of drug-likeness (QED) is 0.129. The number of aryl methyl sites for hydroxylation is 2. The lowest BCUT2D eigenvalue weighted by Crippen LogP contribution is -2.27. The number of halogens is 1. The van der Waals surface area contributed by atoms with E-state index in [2.05, 4.69) is 39.6 Å². The highest BCUT2D eigenvalue weighted by molar-refractivity contribution is 7.89. The van der Waals surface area contributed by atoms with Gasteiger partial charge in [0.05, 0.1) is 16.5 Å². The predicted molar refractivity (Wildman–Crippen MR) is 186 cm³/mol. The van der Waals surface area contributed by atoms with Crippen LogP contribution in [0, 0.1) is 0 Å². The number of thiophene rings is 1. The second kappa shape index (κ2) is 14.1. The van der Waals surface area contributed by atoms with Crippen LogP contribution in [0.5, 0.6) is 0 Å². The molecule has 0 aliphatic carbocycles. The Bertz CT molecular complexity index is 2000. The van der Waals surface area contributed by atoms with Crippen molar-refractivity contribution in [1.29, 1.82) is 0 Å². The zero-order valence-electron chi connectivity index (χ0n) is 25.0. The third kappa shape index (κ3) is 6.95. The van der Waals surface area contributed by atoms with Crippen molar-refractivity contribution >= 4 is 49.8 Å². The molecule has 0 bridgehead atoms. The average molecular weight is 669 g/mol. The summed E-state index contributed by atoms with van der Waals surface area (Å²) in [7, 11) is -3.65. The Balaban J connectivity index is 1.44. The van der Waals surface area contributed by atoms with Gasteiger partial charge in [-0.15, -0.1) is 0 Å². The predicted octanol–water partition coefficient (Wildman–Crippen LogP) is 8.39. The van der Waals surface area contributed by atoms with Gasteiger partial charge in [-0.3, -0.25) is 0 Å². The molecule has 2 heterocycles. The largest absolute Gasteiger partial charge is 0.478 e. The fourth-order valence-corrected chi connectivity index (χ4v) is 8.32. The van der Waals surface area contributed by atoms with Crippen LogP contribution in [-0.2, 0) is 29.3 Å². The van der Waals surface area contributed by atoms with Crippen LogP contribution in [-0.4, -0.2) is 30.6 Å². The van der Waals surface area contributed by atoms with Crippen molar-refractivity contribution in [3.8, 4) is 0 Å². The van der Waals surface area contributed by atoms with Crippen LogP contribution in [0.3, 0.4) is 0 Å². The van der Waals surface area contributed by atoms with Gasteiger partial charge in [0.25, 0.3) is 0 Å². The average Bonchev–Trinajstić information content (AvgIpc) is 3.71. The maximum absolute atomic E-state index is 13.1. The van der Waals surface area contributed by atoms with Crippen molar-refractivity contribution in [2.45, 2.75) is 36.6 Å². The highest BCUT2D eigenvalue weighted by Crippen LogP contribution is 2.38. The van der Waals surface area contributed by atoms with Crippen molar-refractivity contribution < 1.29 is 18.3 Å². The molecule has 6 rings (SSSR count). The highest BCUT2D eigenvalue weighted by Gasteiger charge is 2.26. The van der Waals surface area contributed by atoms with Crippen LogP contribution in [0.1, 0.15) is 50.8 Å². The van der Waals surface area contributed by atoms with Gasteiger partial charge in [-0.2, -0.15) is 11.3 Å². The Morgan fingerprint density at radius 2 is 1.52 bits per heavy atom. The van der Waals surface area contributed by atoms with E-state index in [1.807, 2.05) is 60.7 Å². The van der Waals surface area contributed by atoms with Crippen LogP contribution >= 0.6 is 22.9 Å². The zero-order chi connectivity index (χ0) is 32.1. The van der Waals surface area contributed by atoms with E-state index in [1.165, 1.54) is 11.3 Å². The van der Waals surface area contributed by atoms with Crippen LogP contribution in [0.4, 0.5) is 0 Å². The van der Waals surface area contributed by atoms with E-state index >= 15 is 0 Å². The molecule has 2 N–H and O–H groups in total. The molecule has 0 aliphatic heterocycles. The first kappa shape index (κ1) is 31.8. The summed E-state index contributed by atoms with van der Waals surface area (Å²) in [6.07, 6.45) is 2.77. The number of nitrogens with zero attached hydrogens (tertiary/aromatic N) is 1. The molecule has 46 heavy (non-hydrogen) atoms. The molecule has 0 atom stereocenters. The number of fused-ring (bicyclic) bond motifs is 1. The summed E-state index contributed by atoms with van der Waals surface area (Å²) >= 11 is 7.96. The minimum absolute atomic E-state index is 0.160. The van der Waals surface area contributed by atoms with Crippen LogP contribution < -0.4 is 4.72 Å². The SMILES string of the molecule is O=C(O)c1ccc(CCCc2c(CCNS(=O)(=O)c3ccsc3)n(C(c3ccccc3)c3ccccc3)c3ccc(Cl)cc23)cc1. The fraction of sp³-hybridized carbons (Fsp3) is 0.162. The second-order valence-corrected chi connectivity index (χ2v) is 14.1. The van der Waals surface area contributed by atoms with Gasteiger partial charge in [0.1, 0.15) is 0 Å². The van der Waals surface area contributed by atoms with Crippen molar-refractivity contribution in [2.75, 3.05) is 6.54 Å². The Kier molecular flexibility index (Phi) is 9.70. The van der Waals surface area contributed by atoms with E-state index in [-0.39, 0.29) is 23.0 Å². The number of carboxylic acid groups (broad SMARTS) is 1. The Morgan fingerprint density at radius 3 is 2.13 bits per heavy atom. The normalized spacial score (nSPS) is 11.8. The van der Waals surface area contributed by atoms with Crippen molar-refractivity contribution in [2.24, 2.45) is 0 Å². The first-order valence-electron chi connectivity index (χ1n) is 15.1. The second-order valence-electron chi connectivity index (χ2n) is 11.1. The molecule has 0 aliphatic rings. The van der Waals surface area contributed by atoms with Crippen molar-refractivity contribution in [3.05, 3.63) is 158 Å². The molecule has 0 spiro atoms. The Morgan fingerprint density at radius 1 is 0.848 bits per heavy atom. The molecule has 234 valence electrons. The molecular weight excluding hydrogens is 636 g/mol. The Labute approximate surface area is 278 Å². The number of aromatic nitrogens is 1. The third-order valence-corrected chi connectivity index (χ3v) is 10.7. The molecule has 0 radical (unpaired) electrons. The zero-order valence-corrected chi connectivity index (χ0v) is 27.4. The summed E-state index contributed by atoms with van der Waals surface area (Å²) in [5.41, 5.74) is 6.76. The number of hydrogen-bond donors (Lipinski definition) is 2. The molecule has 0 saturated carbocycles. The number of rotatable bonds is 13. The maximum atomic E-state index is 13.1. The van der Waals surface area contributed by atoms with Crippen LogP contribution in [0.15, 0.2) is 125 Å². The van der Waals surface area contributed by atoms with Gasteiger partial charge in [0.2, 0.25) is 10.0 Å². The molecule has 0 saturated heterocycles. The molecule has 0 fully saturated rings. The molecule has 6 nitrogen and oxygen atoms in total. The van der Waals surface area contributed by atoms with E-state index in [0.717, 1.165) is 58.1 Å². The lowest BCUT2D eigenvalue weighted by molar-refractivity contribution is 0.0697. The van der Waals surface area contributed by atoms with Crippen molar-refractivity contribution in [3.63, 3.8) is 0 Å². The molecular formula is C37H33ClN2O4S2. The van der Waals surface area contributed by atoms with Gasteiger partial charge in [0, 0.05) is 40.0 Å². The molecule has 4 aromatic carbocycles.